The van der Waals surface area contributed by atoms with Gasteiger partial charge in [0.1, 0.15) is 17.8 Å². The molecule has 0 aromatic heterocycles. The molecule has 8 unspecified atom stereocenters. The van der Waals surface area contributed by atoms with Crippen LogP contribution in [0.4, 0.5) is 0 Å². The minimum atomic E-state index is -1.67. The second kappa shape index (κ2) is 16.4. The fourth-order valence-corrected chi connectivity index (χ4v) is 9.47. The number of ether oxygens (including phenoxy) is 6. The maximum atomic E-state index is 14.3. The number of fused-ring (bicyclic) bond motifs is 2. The molecule has 0 aromatic carbocycles. The number of rotatable bonds is 8. The summed E-state index contributed by atoms with van der Waals surface area (Å²) in [4.78, 5) is 16.3. The average Bonchev–Trinajstić information content (AvgIpc) is 3.38. The first kappa shape index (κ1) is 42.8. The number of nitrogens with one attached hydrogen (secondary N) is 1. The number of carbonyl (C=O) groups excluding carboxylic acids is 1. The van der Waals surface area contributed by atoms with E-state index in [1.54, 1.807) is 27.9 Å². The summed E-state index contributed by atoms with van der Waals surface area (Å²) >= 11 is 0. The first-order valence-electron chi connectivity index (χ1n) is 19.2. The van der Waals surface area contributed by atoms with Crippen LogP contribution in [0.2, 0.25) is 0 Å². The van der Waals surface area contributed by atoms with Gasteiger partial charge in [0.15, 0.2) is 12.6 Å². The molecule has 4 saturated heterocycles. The normalized spacial score (nSPS) is 51.8. The molecule has 0 radical (unpaired) electrons. The lowest BCUT2D eigenvalue weighted by Crippen LogP contribution is -2.62. The number of aliphatic hydroxyl groups excluding tert-OH is 3. The molecule has 298 valence electrons. The SMILES string of the molecule is CCC[C@H]1NC(=O)[C@H](C)[C@@H](OC2CC(C)(OC)C(O)C(C)O2)[C@H](C)[C@@H](OC2OC(C)CC(N(C)C)C2O)[C@@]2(C)C[C@@H](C)[C@@H](O2)[C@H](C)[C@@H](O)[C@]1(C)O. The molecule has 0 saturated carbocycles. The molecule has 0 aliphatic carbocycles. The summed E-state index contributed by atoms with van der Waals surface area (Å²) in [6.45, 7) is 18.8. The number of nitrogens with zero attached hydrogens (tertiary/aromatic N) is 1. The smallest absolute Gasteiger partial charge is 0.225 e. The highest BCUT2D eigenvalue weighted by Crippen LogP contribution is 2.47. The molecule has 4 aliphatic rings. The summed E-state index contributed by atoms with van der Waals surface area (Å²) in [5.74, 6) is -2.25. The Morgan fingerprint density at radius 1 is 0.941 bits per heavy atom. The van der Waals surface area contributed by atoms with Crippen molar-refractivity contribution in [1.82, 2.24) is 10.2 Å². The van der Waals surface area contributed by atoms with Crippen LogP contribution >= 0.6 is 0 Å². The maximum absolute atomic E-state index is 14.3. The first-order valence-corrected chi connectivity index (χ1v) is 19.2. The van der Waals surface area contributed by atoms with E-state index in [0.29, 0.717) is 25.7 Å². The lowest BCUT2D eigenvalue weighted by Gasteiger charge is -2.48. The Balaban J connectivity index is 1.84. The summed E-state index contributed by atoms with van der Waals surface area (Å²) in [5.41, 5.74) is -3.62. The van der Waals surface area contributed by atoms with Crippen LogP contribution in [0.25, 0.3) is 0 Å². The van der Waals surface area contributed by atoms with Gasteiger partial charge in [-0.05, 0) is 73.9 Å². The molecule has 4 heterocycles. The summed E-state index contributed by atoms with van der Waals surface area (Å²) < 4.78 is 39.0. The fourth-order valence-electron chi connectivity index (χ4n) is 9.47. The molecule has 13 heteroatoms. The minimum absolute atomic E-state index is 0.0373. The number of hydrogen-bond acceptors (Lipinski definition) is 12. The molecule has 4 fully saturated rings. The maximum Gasteiger partial charge on any atom is 0.225 e. The van der Waals surface area contributed by atoms with Crippen LogP contribution in [-0.2, 0) is 33.2 Å². The van der Waals surface area contributed by atoms with Crippen LogP contribution < -0.4 is 5.32 Å². The predicted octanol–water partition coefficient (Wildman–Crippen LogP) is 2.59. The lowest BCUT2D eigenvalue weighted by molar-refractivity contribution is -0.318. The second-order valence-electron chi connectivity index (χ2n) is 17.3. The molecule has 51 heavy (non-hydrogen) atoms. The van der Waals surface area contributed by atoms with E-state index in [2.05, 4.69) is 12.2 Å². The van der Waals surface area contributed by atoms with Crippen LogP contribution in [-0.4, -0.2) is 143 Å². The monoisotopic (exact) mass is 730 g/mol. The van der Waals surface area contributed by atoms with E-state index in [1.165, 1.54) is 0 Å². The third-order valence-electron chi connectivity index (χ3n) is 12.8. The Labute approximate surface area is 306 Å². The molecule has 0 aromatic rings. The van der Waals surface area contributed by atoms with Gasteiger partial charge in [-0.2, -0.15) is 0 Å². The van der Waals surface area contributed by atoms with E-state index < -0.39 is 95.9 Å². The Morgan fingerprint density at radius 2 is 1.59 bits per heavy atom. The van der Waals surface area contributed by atoms with Gasteiger partial charge in [0.2, 0.25) is 5.91 Å². The zero-order valence-corrected chi connectivity index (χ0v) is 33.4. The molecule has 2 bridgehead atoms. The van der Waals surface area contributed by atoms with Crippen molar-refractivity contribution >= 4 is 5.91 Å². The second-order valence-corrected chi connectivity index (χ2v) is 17.3. The molecule has 13 nitrogen and oxygen atoms in total. The van der Waals surface area contributed by atoms with Crippen LogP contribution in [0.5, 0.6) is 0 Å². The van der Waals surface area contributed by atoms with E-state index in [0.717, 1.165) is 0 Å². The third-order valence-corrected chi connectivity index (χ3v) is 12.8. The summed E-state index contributed by atoms with van der Waals surface area (Å²) in [5, 5.41) is 49.4. The molecular weight excluding hydrogens is 660 g/mol. The van der Waals surface area contributed by atoms with Gasteiger partial charge >= 0.3 is 0 Å². The van der Waals surface area contributed by atoms with Crippen molar-refractivity contribution in [3.63, 3.8) is 0 Å². The van der Waals surface area contributed by atoms with E-state index in [-0.39, 0.29) is 30.4 Å². The van der Waals surface area contributed by atoms with Crippen molar-refractivity contribution < 1.29 is 53.6 Å². The molecule has 19 atom stereocenters. The molecular formula is C38H70N2O11. The number of likely N-dealkylation sites (N-methyl/N-ethyl adjacent to an activating group) is 1. The predicted molar refractivity (Wildman–Crippen MR) is 191 cm³/mol. The zero-order chi connectivity index (χ0) is 38.4. The molecule has 0 spiro atoms. The first-order chi connectivity index (χ1) is 23.6. The standard InChI is InChI=1S/C38H70N2O11/c1-14-15-26-38(10,45)31(42)21(4)29-19(2)17-37(9,51-29)33(50-35-28(41)25(40(11)12)16-20(3)47-35)22(5)30(23(6)34(44)39-26)49-27-18-36(8,46-13)32(43)24(7)48-27/h19-33,35,41-43,45H,14-18H2,1-13H3,(H,39,44)/t19-,20?,21+,22+,23-,24?,25?,26-,27?,28?,29-,30+,31-,32?,33-,35?,36?,37-,38-/m1/s1. The third kappa shape index (κ3) is 8.64. The van der Waals surface area contributed by atoms with E-state index >= 15 is 0 Å². The van der Waals surface area contributed by atoms with Crippen molar-refractivity contribution in [2.24, 2.45) is 23.7 Å². The number of aliphatic hydroxyl groups is 4. The molecule has 4 aliphatic heterocycles. The van der Waals surface area contributed by atoms with Crippen LogP contribution in [0.1, 0.15) is 101 Å². The number of methoxy groups -OCH3 is 1. The van der Waals surface area contributed by atoms with Crippen molar-refractivity contribution in [1.29, 1.82) is 0 Å². The van der Waals surface area contributed by atoms with Crippen LogP contribution in [0.15, 0.2) is 0 Å². The van der Waals surface area contributed by atoms with Crippen LogP contribution in [0, 0.1) is 23.7 Å². The van der Waals surface area contributed by atoms with Gasteiger partial charge < -0.3 is 59.1 Å². The molecule has 4 rings (SSSR count). The minimum Gasteiger partial charge on any atom is -0.390 e. The van der Waals surface area contributed by atoms with Gasteiger partial charge in [0, 0.05) is 31.4 Å². The van der Waals surface area contributed by atoms with Crippen molar-refractivity contribution in [2.45, 2.75) is 192 Å². The topological polar surface area (TPSA) is 169 Å². The van der Waals surface area contributed by atoms with Crippen molar-refractivity contribution in [3.05, 3.63) is 0 Å². The lowest BCUT2D eigenvalue weighted by atomic mass is 9.75. The molecule has 1 amide bonds. The van der Waals surface area contributed by atoms with Gasteiger partial charge in [0.25, 0.3) is 0 Å². The highest BCUT2D eigenvalue weighted by molar-refractivity contribution is 5.79. The van der Waals surface area contributed by atoms with Gasteiger partial charge in [0.05, 0.1) is 59.8 Å². The van der Waals surface area contributed by atoms with E-state index in [4.69, 9.17) is 28.4 Å². The number of hydrogen-bond donors (Lipinski definition) is 5. The van der Waals surface area contributed by atoms with Gasteiger partial charge in [-0.1, -0.05) is 41.0 Å². The summed E-state index contributed by atoms with van der Waals surface area (Å²) in [6, 6.07) is -0.970. The number of carbonyl (C=O) groups is 1. The highest BCUT2D eigenvalue weighted by atomic mass is 16.7. The quantitative estimate of drug-likeness (QED) is 0.248. The fraction of sp³-hybridized carbons (Fsp3) is 0.974. The van der Waals surface area contributed by atoms with E-state index in [1.807, 2.05) is 60.5 Å². The summed E-state index contributed by atoms with van der Waals surface area (Å²) in [7, 11) is 5.39. The van der Waals surface area contributed by atoms with E-state index in [9.17, 15) is 25.2 Å². The average molecular weight is 731 g/mol. The largest absolute Gasteiger partial charge is 0.390 e. The summed E-state index contributed by atoms with van der Waals surface area (Å²) in [6.07, 6.45) is -5.33. The highest BCUT2D eigenvalue weighted by Gasteiger charge is 2.57. The van der Waals surface area contributed by atoms with Gasteiger partial charge in [-0.3, -0.25) is 4.79 Å². The Bertz CT molecular complexity index is 1160. The Morgan fingerprint density at radius 3 is 2.18 bits per heavy atom. The van der Waals surface area contributed by atoms with Gasteiger partial charge in [-0.15, -0.1) is 0 Å². The zero-order valence-electron chi connectivity index (χ0n) is 33.4. The Hall–Kier alpha value is -0.970. The Kier molecular flexibility index (Phi) is 13.8. The molecule has 5 N–H and O–H groups in total. The van der Waals surface area contributed by atoms with Gasteiger partial charge in [-0.25, -0.2) is 0 Å². The number of amides is 1. The van der Waals surface area contributed by atoms with Crippen LogP contribution in [0.3, 0.4) is 0 Å². The van der Waals surface area contributed by atoms with Crippen molar-refractivity contribution in [3.8, 4) is 0 Å². The van der Waals surface area contributed by atoms with Crippen molar-refractivity contribution in [2.75, 3.05) is 21.2 Å².